The van der Waals surface area contributed by atoms with Gasteiger partial charge in [-0.15, -0.1) is 0 Å². The van der Waals surface area contributed by atoms with Gasteiger partial charge in [0.25, 0.3) is 0 Å². The van der Waals surface area contributed by atoms with Crippen LogP contribution in [0.2, 0.25) is 0 Å². The Morgan fingerprint density at radius 2 is 1.77 bits per heavy atom. The Labute approximate surface area is 173 Å². The van der Waals surface area contributed by atoms with Crippen LogP contribution in [0, 0.1) is 6.92 Å². The molecular formula is C24H21NO5. The van der Waals surface area contributed by atoms with Crippen LogP contribution < -0.4 is 24.7 Å². The third-order valence-electron chi connectivity index (χ3n) is 5.62. The second kappa shape index (κ2) is 6.99. The summed E-state index contributed by atoms with van der Waals surface area (Å²) in [7, 11) is 3.29. The fraction of sp³-hybridized carbons (Fsp3) is 0.208. The molecule has 30 heavy (non-hydrogen) atoms. The molecule has 0 amide bonds. The van der Waals surface area contributed by atoms with E-state index < -0.39 is 0 Å². The second-order valence-electron chi connectivity index (χ2n) is 7.31. The Morgan fingerprint density at radius 1 is 0.967 bits per heavy atom. The molecule has 5 rings (SSSR count). The summed E-state index contributed by atoms with van der Waals surface area (Å²) >= 11 is 0. The van der Waals surface area contributed by atoms with E-state index in [1.54, 1.807) is 20.3 Å². The van der Waals surface area contributed by atoms with E-state index in [-0.39, 0.29) is 5.63 Å². The van der Waals surface area contributed by atoms with Crippen molar-refractivity contribution in [3.8, 4) is 17.2 Å². The molecule has 4 aromatic rings. The lowest BCUT2D eigenvalue weighted by atomic mass is 10.00. The molecule has 6 heteroatoms. The Balaban J connectivity index is 1.67. The Hall–Kier alpha value is -3.67. The monoisotopic (exact) mass is 403 g/mol. The molecule has 0 atom stereocenters. The van der Waals surface area contributed by atoms with Gasteiger partial charge in [-0.2, -0.15) is 0 Å². The van der Waals surface area contributed by atoms with E-state index in [1.165, 1.54) is 0 Å². The van der Waals surface area contributed by atoms with Crippen molar-refractivity contribution in [1.29, 1.82) is 0 Å². The number of fused-ring (bicyclic) bond motifs is 4. The summed E-state index contributed by atoms with van der Waals surface area (Å²) < 4.78 is 22.7. The molecule has 1 aliphatic rings. The number of hydrogen-bond acceptors (Lipinski definition) is 6. The summed E-state index contributed by atoms with van der Waals surface area (Å²) in [6, 6.07) is 15.3. The van der Waals surface area contributed by atoms with Gasteiger partial charge in [-0.25, -0.2) is 4.79 Å². The predicted octanol–water partition coefficient (Wildman–Crippen LogP) is 4.63. The lowest BCUT2D eigenvalue weighted by Crippen LogP contribution is -2.32. The first-order valence-corrected chi connectivity index (χ1v) is 9.68. The highest BCUT2D eigenvalue weighted by atomic mass is 16.5. The average Bonchev–Trinajstić information content (AvgIpc) is 2.79. The summed E-state index contributed by atoms with van der Waals surface area (Å²) in [6.45, 7) is 2.91. The highest BCUT2D eigenvalue weighted by Gasteiger charge is 2.25. The number of methoxy groups -OCH3 is 2. The molecule has 0 radical (unpaired) electrons. The number of hydrogen-bond donors (Lipinski definition) is 0. The van der Waals surface area contributed by atoms with Gasteiger partial charge < -0.3 is 23.5 Å². The molecule has 152 valence electrons. The van der Waals surface area contributed by atoms with Crippen LogP contribution in [-0.4, -0.2) is 21.0 Å². The van der Waals surface area contributed by atoms with Gasteiger partial charge in [0.1, 0.15) is 22.8 Å². The maximum atomic E-state index is 12.4. The zero-order valence-electron chi connectivity index (χ0n) is 17.0. The molecule has 0 unspecified atom stereocenters. The van der Waals surface area contributed by atoms with E-state index in [0.717, 1.165) is 44.8 Å². The van der Waals surface area contributed by atoms with Crippen molar-refractivity contribution in [2.45, 2.75) is 13.5 Å². The summed E-state index contributed by atoms with van der Waals surface area (Å²) in [6.07, 6.45) is 0. The molecule has 0 saturated carbocycles. The van der Waals surface area contributed by atoms with Crippen molar-refractivity contribution in [3.63, 3.8) is 0 Å². The lowest BCUT2D eigenvalue weighted by Gasteiger charge is -2.32. The van der Waals surface area contributed by atoms with Gasteiger partial charge in [-0.3, -0.25) is 0 Å². The molecule has 1 aliphatic heterocycles. The first-order chi connectivity index (χ1) is 14.6. The smallest absolute Gasteiger partial charge is 0.344 e. The van der Waals surface area contributed by atoms with E-state index in [1.807, 2.05) is 43.3 Å². The Morgan fingerprint density at radius 3 is 2.53 bits per heavy atom. The van der Waals surface area contributed by atoms with Gasteiger partial charge in [0.05, 0.1) is 31.8 Å². The number of benzene rings is 3. The second-order valence-corrected chi connectivity index (χ2v) is 7.31. The fourth-order valence-corrected chi connectivity index (χ4v) is 4.14. The molecule has 0 spiro atoms. The minimum atomic E-state index is -0.334. The Bertz CT molecular complexity index is 1340. The standard InChI is InChI=1S/C24H21NO5/c1-14-22-15(10-19-17-6-4-5-7-18(17)24(26)30-23(14)19)12-25(13-29-22)20-11-16(27-2)8-9-21(20)28-3/h4-11H,12-13H2,1-3H3. The first-order valence-electron chi connectivity index (χ1n) is 9.68. The van der Waals surface area contributed by atoms with Gasteiger partial charge >= 0.3 is 5.63 Å². The molecule has 0 bridgehead atoms. The van der Waals surface area contributed by atoms with Gasteiger partial charge in [-0.05, 0) is 36.6 Å². The van der Waals surface area contributed by atoms with Crippen molar-refractivity contribution >= 4 is 27.4 Å². The van der Waals surface area contributed by atoms with E-state index in [9.17, 15) is 4.79 Å². The van der Waals surface area contributed by atoms with E-state index in [0.29, 0.717) is 24.2 Å². The van der Waals surface area contributed by atoms with Crippen molar-refractivity contribution < 1.29 is 18.6 Å². The summed E-state index contributed by atoms with van der Waals surface area (Å²) in [5.41, 5.74) is 2.99. The van der Waals surface area contributed by atoms with Gasteiger partial charge in [0, 0.05) is 22.6 Å². The van der Waals surface area contributed by atoms with E-state index in [4.69, 9.17) is 18.6 Å². The highest BCUT2D eigenvalue weighted by Crippen LogP contribution is 2.40. The molecular weight excluding hydrogens is 382 g/mol. The molecule has 0 aliphatic carbocycles. The predicted molar refractivity (Wildman–Crippen MR) is 116 cm³/mol. The summed E-state index contributed by atoms with van der Waals surface area (Å²) in [5.74, 6) is 2.26. The van der Waals surface area contributed by atoms with Crippen LogP contribution in [0.4, 0.5) is 5.69 Å². The van der Waals surface area contributed by atoms with Crippen LogP contribution in [0.25, 0.3) is 21.7 Å². The summed E-state index contributed by atoms with van der Waals surface area (Å²) in [5, 5.41) is 2.36. The fourth-order valence-electron chi connectivity index (χ4n) is 4.14. The molecule has 2 heterocycles. The summed E-state index contributed by atoms with van der Waals surface area (Å²) in [4.78, 5) is 14.5. The zero-order valence-corrected chi connectivity index (χ0v) is 17.0. The maximum absolute atomic E-state index is 12.4. The van der Waals surface area contributed by atoms with E-state index >= 15 is 0 Å². The van der Waals surface area contributed by atoms with Crippen molar-refractivity contribution in [1.82, 2.24) is 0 Å². The average molecular weight is 403 g/mol. The molecule has 1 aromatic heterocycles. The topological polar surface area (TPSA) is 61.1 Å². The first kappa shape index (κ1) is 18.4. The van der Waals surface area contributed by atoms with Crippen LogP contribution in [0.5, 0.6) is 17.2 Å². The molecule has 6 nitrogen and oxygen atoms in total. The van der Waals surface area contributed by atoms with Crippen molar-refractivity contribution in [2.24, 2.45) is 0 Å². The van der Waals surface area contributed by atoms with Gasteiger partial charge in [0.2, 0.25) is 0 Å². The van der Waals surface area contributed by atoms with E-state index in [2.05, 4.69) is 11.0 Å². The number of rotatable bonds is 3. The normalized spacial score (nSPS) is 13.2. The minimum Gasteiger partial charge on any atom is -0.497 e. The number of nitrogens with zero attached hydrogens (tertiary/aromatic N) is 1. The molecule has 0 fully saturated rings. The quantitative estimate of drug-likeness (QED) is 0.367. The van der Waals surface area contributed by atoms with Crippen LogP contribution in [0.15, 0.2) is 57.7 Å². The maximum Gasteiger partial charge on any atom is 0.344 e. The third kappa shape index (κ3) is 2.76. The van der Waals surface area contributed by atoms with Crippen molar-refractivity contribution in [2.75, 3.05) is 25.9 Å². The van der Waals surface area contributed by atoms with Crippen LogP contribution >= 0.6 is 0 Å². The highest BCUT2D eigenvalue weighted by molar-refractivity contribution is 6.06. The molecule has 0 N–H and O–H groups in total. The van der Waals surface area contributed by atoms with Crippen molar-refractivity contribution in [3.05, 3.63) is 70.1 Å². The number of ether oxygens (including phenoxy) is 3. The minimum absolute atomic E-state index is 0.334. The number of aryl methyl sites for hydroxylation is 1. The largest absolute Gasteiger partial charge is 0.497 e. The Kier molecular flexibility index (Phi) is 4.28. The van der Waals surface area contributed by atoms with Gasteiger partial charge in [0.15, 0.2) is 6.73 Å². The molecule has 3 aromatic carbocycles. The SMILES string of the molecule is COc1ccc(OC)c(N2COc3c(cc4c(oc(=O)c5ccccc54)c3C)C2)c1. The lowest BCUT2D eigenvalue weighted by molar-refractivity contribution is 0.285. The van der Waals surface area contributed by atoms with Gasteiger partial charge in [-0.1, -0.05) is 18.2 Å². The van der Waals surface area contributed by atoms with Crippen LogP contribution in [0.1, 0.15) is 11.1 Å². The number of anilines is 1. The molecule has 0 saturated heterocycles. The van der Waals surface area contributed by atoms with Crippen LogP contribution in [0.3, 0.4) is 0 Å². The third-order valence-corrected chi connectivity index (χ3v) is 5.62. The van der Waals surface area contributed by atoms with Crippen LogP contribution in [-0.2, 0) is 6.54 Å². The zero-order chi connectivity index (χ0) is 20.8.